The minimum Gasteiger partial charge on any atom is -0.393 e. The number of piperidine rings is 1. The Morgan fingerprint density at radius 2 is 1.89 bits per heavy atom. The van der Waals surface area contributed by atoms with Crippen molar-refractivity contribution in [3.63, 3.8) is 0 Å². The number of amidine groups is 1. The average Bonchev–Trinajstić information content (AvgIpc) is 2.62. The van der Waals surface area contributed by atoms with E-state index in [1.165, 1.54) is 12.8 Å². The molecule has 4 nitrogen and oxygen atoms in total. The maximum Gasteiger partial charge on any atom is 0.123 e. The van der Waals surface area contributed by atoms with E-state index in [9.17, 15) is 5.11 Å². The number of aliphatic hydroxyl groups excluding tert-OH is 1. The number of hydrogen-bond acceptors (Lipinski definition) is 3. The molecule has 2 heterocycles. The summed E-state index contributed by atoms with van der Waals surface area (Å²) in [6.07, 6.45) is 4.02. The van der Waals surface area contributed by atoms with Gasteiger partial charge in [-0.25, -0.2) is 0 Å². The van der Waals surface area contributed by atoms with Crippen molar-refractivity contribution >= 4 is 5.84 Å². The van der Waals surface area contributed by atoms with Crippen molar-refractivity contribution in [2.45, 2.75) is 50.4 Å². The van der Waals surface area contributed by atoms with Crippen LogP contribution >= 0.6 is 0 Å². The van der Waals surface area contributed by atoms with Gasteiger partial charge < -0.3 is 10.8 Å². The molecule has 2 fully saturated rings. The second-order valence-corrected chi connectivity index (χ2v) is 5.75. The summed E-state index contributed by atoms with van der Waals surface area (Å²) < 4.78 is 0. The largest absolute Gasteiger partial charge is 0.393 e. The monoisotopic (exact) mass is 259 g/mol. The van der Waals surface area contributed by atoms with Gasteiger partial charge in [0.05, 0.1) is 6.10 Å². The van der Waals surface area contributed by atoms with Crippen molar-refractivity contribution in [3.8, 4) is 0 Å². The summed E-state index contributed by atoms with van der Waals surface area (Å²) in [5.41, 5.74) is 7.62. The summed E-state index contributed by atoms with van der Waals surface area (Å²) in [6.45, 7) is 0.845. The van der Waals surface area contributed by atoms with Gasteiger partial charge in [-0.3, -0.25) is 10.3 Å². The number of nitrogens with two attached hydrogens (primary N) is 1. The molecule has 3 rings (SSSR count). The second-order valence-electron chi connectivity index (χ2n) is 5.75. The number of aliphatic hydroxyl groups is 1. The minimum atomic E-state index is -0.128. The summed E-state index contributed by atoms with van der Waals surface area (Å²) in [5, 5.41) is 17.5. The molecular formula is C15H21N3O. The molecule has 0 aliphatic carbocycles. The molecule has 0 saturated carbocycles. The topological polar surface area (TPSA) is 73.3 Å². The van der Waals surface area contributed by atoms with Gasteiger partial charge in [0.1, 0.15) is 5.84 Å². The van der Waals surface area contributed by atoms with E-state index in [1.54, 1.807) is 0 Å². The van der Waals surface area contributed by atoms with E-state index in [1.807, 2.05) is 18.2 Å². The molecule has 0 radical (unpaired) electrons. The zero-order chi connectivity index (χ0) is 13.4. The first-order valence-corrected chi connectivity index (χ1v) is 7.01. The summed E-state index contributed by atoms with van der Waals surface area (Å²) in [4.78, 5) is 2.49. The fourth-order valence-corrected chi connectivity index (χ4v) is 3.62. The van der Waals surface area contributed by atoms with Crippen LogP contribution in [-0.4, -0.2) is 34.0 Å². The number of nitrogens with zero attached hydrogens (tertiary/aromatic N) is 1. The van der Waals surface area contributed by atoms with Gasteiger partial charge in [0, 0.05) is 24.2 Å². The van der Waals surface area contributed by atoms with E-state index in [-0.39, 0.29) is 11.9 Å². The zero-order valence-corrected chi connectivity index (χ0v) is 11.0. The van der Waals surface area contributed by atoms with Crippen molar-refractivity contribution in [1.82, 2.24) is 4.90 Å². The predicted octanol–water partition coefficient (Wildman–Crippen LogP) is 1.46. The van der Waals surface area contributed by atoms with Crippen LogP contribution in [0.15, 0.2) is 24.3 Å². The number of nitrogen functional groups attached to an aromatic ring is 1. The normalized spacial score (nSPS) is 30.5. The quantitative estimate of drug-likeness (QED) is 0.568. The van der Waals surface area contributed by atoms with Crippen molar-refractivity contribution in [2.75, 3.05) is 0 Å². The van der Waals surface area contributed by atoms with Gasteiger partial charge in [-0.05, 0) is 31.2 Å². The molecule has 2 aliphatic rings. The third kappa shape index (κ3) is 2.38. The third-order valence-electron chi connectivity index (χ3n) is 4.52. The van der Waals surface area contributed by atoms with Gasteiger partial charge in [-0.1, -0.05) is 24.3 Å². The van der Waals surface area contributed by atoms with Gasteiger partial charge >= 0.3 is 0 Å². The van der Waals surface area contributed by atoms with Crippen molar-refractivity contribution in [2.24, 2.45) is 5.73 Å². The summed E-state index contributed by atoms with van der Waals surface area (Å²) in [5.74, 6) is 0.139. The van der Waals surface area contributed by atoms with Crippen LogP contribution in [-0.2, 0) is 6.54 Å². The lowest BCUT2D eigenvalue weighted by molar-refractivity contribution is 0.0310. The highest BCUT2D eigenvalue weighted by atomic mass is 16.3. The van der Waals surface area contributed by atoms with Crippen LogP contribution in [0.25, 0.3) is 0 Å². The van der Waals surface area contributed by atoms with E-state index in [0.717, 1.165) is 30.5 Å². The Morgan fingerprint density at radius 1 is 1.26 bits per heavy atom. The van der Waals surface area contributed by atoms with Crippen LogP contribution in [0.1, 0.15) is 36.8 Å². The van der Waals surface area contributed by atoms with Gasteiger partial charge in [-0.2, -0.15) is 0 Å². The van der Waals surface area contributed by atoms with Crippen LogP contribution in [0, 0.1) is 5.41 Å². The Kier molecular flexibility index (Phi) is 3.29. The highest BCUT2D eigenvalue weighted by molar-refractivity contribution is 5.96. The molecule has 0 spiro atoms. The van der Waals surface area contributed by atoms with E-state index >= 15 is 0 Å². The third-order valence-corrected chi connectivity index (χ3v) is 4.52. The molecule has 2 saturated heterocycles. The Bertz CT molecular complexity index is 474. The first kappa shape index (κ1) is 12.6. The van der Waals surface area contributed by atoms with Crippen LogP contribution < -0.4 is 5.73 Å². The fourth-order valence-electron chi connectivity index (χ4n) is 3.62. The van der Waals surface area contributed by atoms with Crippen LogP contribution in [0.4, 0.5) is 0 Å². The molecule has 0 aromatic heterocycles. The number of rotatable bonds is 3. The van der Waals surface area contributed by atoms with E-state index < -0.39 is 0 Å². The van der Waals surface area contributed by atoms with Gasteiger partial charge in [-0.15, -0.1) is 0 Å². The first-order valence-electron chi connectivity index (χ1n) is 7.01. The smallest absolute Gasteiger partial charge is 0.123 e. The van der Waals surface area contributed by atoms with E-state index in [4.69, 9.17) is 11.1 Å². The summed E-state index contributed by atoms with van der Waals surface area (Å²) >= 11 is 0. The summed E-state index contributed by atoms with van der Waals surface area (Å²) in [7, 11) is 0. The molecule has 2 atom stereocenters. The molecule has 4 N–H and O–H groups in total. The SMILES string of the molecule is N=C(N)c1ccccc1CN1C2CCC1CC(O)C2. The first-order chi connectivity index (χ1) is 9.15. The van der Waals surface area contributed by atoms with Gasteiger partial charge in [0.25, 0.3) is 0 Å². The molecule has 4 heteroatoms. The second kappa shape index (κ2) is 4.94. The highest BCUT2D eigenvalue weighted by Crippen LogP contribution is 2.37. The number of hydrogen-bond donors (Lipinski definition) is 3. The Labute approximate surface area is 113 Å². The minimum absolute atomic E-state index is 0.128. The molecule has 2 aliphatic heterocycles. The number of benzene rings is 1. The van der Waals surface area contributed by atoms with E-state index in [2.05, 4.69) is 11.0 Å². The highest BCUT2D eigenvalue weighted by Gasteiger charge is 2.40. The average molecular weight is 259 g/mol. The maximum absolute atomic E-state index is 9.84. The van der Waals surface area contributed by atoms with Crippen molar-refractivity contribution in [1.29, 1.82) is 5.41 Å². The lowest BCUT2D eigenvalue weighted by Gasteiger charge is -2.37. The van der Waals surface area contributed by atoms with Crippen molar-refractivity contribution in [3.05, 3.63) is 35.4 Å². The molecule has 102 valence electrons. The Balaban J connectivity index is 1.81. The molecule has 0 amide bonds. The number of fused-ring (bicyclic) bond motifs is 2. The van der Waals surface area contributed by atoms with Crippen LogP contribution in [0.3, 0.4) is 0 Å². The van der Waals surface area contributed by atoms with E-state index in [0.29, 0.717) is 12.1 Å². The van der Waals surface area contributed by atoms with Crippen molar-refractivity contribution < 1.29 is 5.11 Å². The van der Waals surface area contributed by atoms with Gasteiger partial charge in [0.2, 0.25) is 0 Å². The fraction of sp³-hybridized carbons (Fsp3) is 0.533. The van der Waals surface area contributed by atoms with Crippen LogP contribution in [0.2, 0.25) is 0 Å². The Morgan fingerprint density at radius 3 is 2.53 bits per heavy atom. The van der Waals surface area contributed by atoms with Gasteiger partial charge in [0.15, 0.2) is 0 Å². The maximum atomic E-state index is 9.84. The molecule has 2 bridgehead atoms. The summed E-state index contributed by atoms with van der Waals surface area (Å²) in [6, 6.07) is 8.89. The number of nitrogens with one attached hydrogen (secondary N) is 1. The standard InChI is InChI=1S/C15H21N3O/c16-15(17)14-4-2-1-3-10(14)9-18-11-5-6-12(18)8-13(19)7-11/h1-4,11-13,19H,5-9H2,(H3,16,17). The molecular weight excluding hydrogens is 238 g/mol. The molecule has 19 heavy (non-hydrogen) atoms. The molecule has 2 unspecified atom stereocenters. The Hall–Kier alpha value is -1.39. The lowest BCUT2D eigenvalue weighted by atomic mass is 9.98. The predicted molar refractivity (Wildman–Crippen MR) is 75.1 cm³/mol. The zero-order valence-electron chi connectivity index (χ0n) is 11.0. The molecule has 1 aromatic rings. The van der Waals surface area contributed by atoms with Crippen LogP contribution in [0.5, 0.6) is 0 Å². The molecule has 1 aromatic carbocycles. The lowest BCUT2D eigenvalue weighted by Crippen LogP contribution is -2.44.